The predicted octanol–water partition coefficient (Wildman–Crippen LogP) is 4.32. The monoisotopic (exact) mass is 428 g/mol. The normalized spacial score (nSPS) is 15.6. The van der Waals surface area contributed by atoms with Crippen molar-refractivity contribution in [2.24, 2.45) is 5.92 Å². The molecule has 5 nitrogen and oxygen atoms in total. The molecule has 0 spiro atoms. The molecular formula is C27H28N2O3. The summed E-state index contributed by atoms with van der Waals surface area (Å²) >= 11 is 0. The third-order valence-electron chi connectivity index (χ3n) is 5.90. The van der Waals surface area contributed by atoms with E-state index in [0.29, 0.717) is 19.6 Å². The topological polar surface area (TPSA) is 49.9 Å². The summed E-state index contributed by atoms with van der Waals surface area (Å²) in [5.41, 5.74) is 3.08. The molecule has 5 heteroatoms. The van der Waals surface area contributed by atoms with E-state index in [1.54, 1.807) is 12.0 Å². The van der Waals surface area contributed by atoms with Crippen LogP contribution in [0.2, 0.25) is 0 Å². The van der Waals surface area contributed by atoms with E-state index < -0.39 is 0 Å². The lowest BCUT2D eigenvalue weighted by molar-refractivity contribution is -0.136. The van der Waals surface area contributed by atoms with E-state index in [1.807, 2.05) is 77.7 Å². The maximum absolute atomic E-state index is 13.5. The molecule has 0 aliphatic carbocycles. The first-order valence-corrected chi connectivity index (χ1v) is 10.9. The van der Waals surface area contributed by atoms with Crippen LogP contribution in [0.25, 0.3) is 0 Å². The Morgan fingerprint density at radius 2 is 1.56 bits per heavy atom. The lowest BCUT2D eigenvalue weighted by Crippen LogP contribution is -2.38. The van der Waals surface area contributed by atoms with Crippen molar-refractivity contribution in [3.8, 4) is 5.75 Å². The Morgan fingerprint density at radius 1 is 0.938 bits per heavy atom. The number of rotatable bonds is 8. The van der Waals surface area contributed by atoms with Crippen LogP contribution in [0.3, 0.4) is 0 Å². The van der Waals surface area contributed by atoms with E-state index in [1.165, 1.54) is 5.56 Å². The number of amides is 2. The first-order valence-electron chi connectivity index (χ1n) is 10.9. The molecule has 1 saturated heterocycles. The van der Waals surface area contributed by atoms with Gasteiger partial charge in [-0.05, 0) is 41.8 Å². The standard InChI is InChI=1S/C27H28N2O3/c1-32-25-14-12-24(13-15-25)29-20-23(18-26(29)30)27(31)28(19-22-10-6-3-7-11-22)17-16-21-8-4-2-5-9-21/h2-15,23H,16-20H2,1H3. The summed E-state index contributed by atoms with van der Waals surface area (Å²) in [7, 11) is 1.61. The molecule has 1 aliphatic heterocycles. The minimum absolute atomic E-state index is 0.0174. The van der Waals surface area contributed by atoms with Crippen molar-refractivity contribution in [2.45, 2.75) is 19.4 Å². The summed E-state index contributed by atoms with van der Waals surface area (Å²) in [4.78, 5) is 29.9. The number of carbonyl (C=O) groups is 2. The molecule has 0 saturated carbocycles. The van der Waals surface area contributed by atoms with E-state index in [4.69, 9.17) is 4.74 Å². The number of hydrogen-bond donors (Lipinski definition) is 0. The molecule has 4 rings (SSSR count). The number of nitrogens with zero attached hydrogens (tertiary/aromatic N) is 2. The molecule has 1 atom stereocenters. The van der Waals surface area contributed by atoms with Gasteiger partial charge in [0.2, 0.25) is 11.8 Å². The van der Waals surface area contributed by atoms with E-state index >= 15 is 0 Å². The molecule has 0 bridgehead atoms. The molecule has 1 aliphatic rings. The van der Waals surface area contributed by atoms with Gasteiger partial charge in [0, 0.05) is 31.7 Å². The SMILES string of the molecule is COc1ccc(N2CC(C(=O)N(CCc3ccccc3)Cc3ccccc3)CC2=O)cc1. The molecule has 32 heavy (non-hydrogen) atoms. The molecule has 1 unspecified atom stereocenters. The molecule has 1 fully saturated rings. The zero-order chi connectivity index (χ0) is 22.3. The molecule has 1 heterocycles. The second-order valence-corrected chi connectivity index (χ2v) is 8.08. The van der Waals surface area contributed by atoms with Gasteiger partial charge < -0.3 is 14.5 Å². The summed E-state index contributed by atoms with van der Waals surface area (Å²) in [6.07, 6.45) is 1.02. The fourth-order valence-corrected chi connectivity index (χ4v) is 4.12. The third kappa shape index (κ3) is 5.17. The Balaban J connectivity index is 1.48. The maximum Gasteiger partial charge on any atom is 0.228 e. The molecular weight excluding hydrogens is 400 g/mol. The Morgan fingerprint density at radius 3 is 2.19 bits per heavy atom. The summed E-state index contributed by atoms with van der Waals surface area (Å²) in [5, 5.41) is 0. The highest BCUT2D eigenvalue weighted by molar-refractivity contribution is 6.00. The summed E-state index contributed by atoms with van der Waals surface area (Å²) in [5.74, 6) is 0.414. The van der Waals surface area contributed by atoms with Crippen LogP contribution in [0.5, 0.6) is 5.75 Å². The van der Waals surface area contributed by atoms with Gasteiger partial charge in [-0.1, -0.05) is 60.7 Å². The van der Waals surface area contributed by atoms with Gasteiger partial charge in [0.25, 0.3) is 0 Å². The molecule has 0 radical (unpaired) electrons. The summed E-state index contributed by atoms with van der Waals surface area (Å²) in [6.45, 7) is 1.56. The van der Waals surface area contributed by atoms with Crippen molar-refractivity contribution in [2.75, 3.05) is 25.1 Å². The van der Waals surface area contributed by atoms with Gasteiger partial charge in [-0.15, -0.1) is 0 Å². The highest BCUT2D eigenvalue weighted by atomic mass is 16.5. The Hall–Kier alpha value is -3.60. The van der Waals surface area contributed by atoms with Gasteiger partial charge in [0.05, 0.1) is 13.0 Å². The maximum atomic E-state index is 13.5. The van der Waals surface area contributed by atoms with Crippen molar-refractivity contribution >= 4 is 17.5 Å². The van der Waals surface area contributed by atoms with Crippen LogP contribution < -0.4 is 9.64 Å². The smallest absolute Gasteiger partial charge is 0.228 e. The van der Waals surface area contributed by atoms with E-state index in [2.05, 4.69) is 12.1 Å². The first-order chi connectivity index (χ1) is 15.6. The van der Waals surface area contributed by atoms with Crippen LogP contribution in [0, 0.1) is 5.92 Å². The van der Waals surface area contributed by atoms with Gasteiger partial charge in [0.15, 0.2) is 0 Å². The average Bonchev–Trinajstić information content (AvgIpc) is 3.24. The highest BCUT2D eigenvalue weighted by Crippen LogP contribution is 2.28. The lowest BCUT2D eigenvalue weighted by Gasteiger charge is -2.26. The highest BCUT2D eigenvalue weighted by Gasteiger charge is 2.37. The Bertz CT molecular complexity index is 1040. The zero-order valence-electron chi connectivity index (χ0n) is 18.3. The number of anilines is 1. The zero-order valence-corrected chi connectivity index (χ0v) is 18.3. The van der Waals surface area contributed by atoms with E-state index in [-0.39, 0.29) is 24.2 Å². The van der Waals surface area contributed by atoms with Gasteiger partial charge in [-0.25, -0.2) is 0 Å². The number of methoxy groups -OCH3 is 1. The van der Waals surface area contributed by atoms with Crippen LogP contribution in [0.15, 0.2) is 84.9 Å². The van der Waals surface area contributed by atoms with E-state index in [0.717, 1.165) is 23.4 Å². The molecule has 3 aromatic carbocycles. The second kappa shape index (κ2) is 10.1. The van der Waals surface area contributed by atoms with Crippen LogP contribution >= 0.6 is 0 Å². The largest absolute Gasteiger partial charge is 0.497 e. The van der Waals surface area contributed by atoms with Crippen molar-refractivity contribution in [3.05, 3.63) is 96.1 Å². The molecule has 0 N–H and O–H groups in total. The number of benzene rings is 3. The minimum Gasteiger partial charge on any atom is -0.497 e. The van der Waals surface area contributed by atoms with Gasteiger partial charge in [-0.3, -0.25) is 9.59 Å². The lowest BCUT2D eigenvalue weighted by atomic mass is 10.1. The van der Waals surface area contributed by atoms with Crippen molar-refractivity contribution in [1.29, 1.82) is 0 Å². The molecule has 2 amide bonds. The quantitative estimate of drug-likeness (QED) is 0.537. The van der Waals surface area contributed by atoms with Crippen LogP contribution in [-0.4, -0.2) is 36.9 Å². The van der Waals surface area contributed by atoms with Gasteiger partial charge in [-0.2, -0.15) is 0 Å². The fourth-order valence-electron chi connectivity index (χ4n) is 4.12. The first kappa shape index (κ1) is 21.6. The summed E-state index contributed by atoms with van der Waals surface area (Å²) in [6, 6.07) is 27.6. The second-order valence-electron chi connectivity index (χ2n) is 8.08. The number of hydrogen-bond acceptors (Lipinski definition) is 3. The average molecular weight is 429 g/mol. The summed E-state index contributed by atoms with van der Waals surface area (Å²) < 4.78 is 5.21. The van der Waals surface area contributed by atoms with Gasteiger partial charge in [0.1, 0.15) is 5.75 Å². The number of carbonyl (C=O) groups excluding carboxylic acids is 2. The predicted molar refractivity (Wildman–Crippen MR) is 125 cm³/mol. The fraction of sp³-hybridized carbons (Fsp3) is 0.259. The van der Waals surface area contributed by atoms with Gasteiger partial charge >= 0.3 is 0 Å². The van der Waals surface area contributed by atoms with E-state index in [9.17, 15) is 9.59 Å². The molecule has 164 valence electrons. The van der Waals surface area contributed by atoms with Crippen LogP contribution in [0.1, 0.15) is 17.5 Å². The third-order valence-corrected chi connectivity index (χ3v) is 5.90. The van der Waals surface area contributed by atoms with Crippen molar-refractivity contribution in [1.82, 2.24) is 4.90 Å². The van der Waals surface area contributed by atoms with Crippen molar-refractivity contribution < 1.29 is 14.3 Å². The van der Waals surface area contributed by atoms with Crippen LogP contribution in [0.4, 0.5) is 5.69 Å². The Kier molecular flexibility index (Phi) is 6.85. The minimum atomic E-state index is -0.343. The Labute approximate surface area is 189 Å². The van der Waals surface area contributed by atoms with Crippen LogP contribution in [-0.2, 0) is 22.6 Å². The molecule has 0 aromatic heterocycles. The molecule has 3 aromatic rings. The number of ether oxygens (including phenoxy) is 1. The van der Waals surface area contributed by atoms with Crippen molar-refractivity contribution in [3.63, 3.8) is 0 Å².